The molecule has 0 aromatic heterocycles. The summed E-state index contributed by atoms with van der Waals surface area (Å²) in [4.78, 5) is 25.2. The standard InChI is InChI=1S/C14H17NO4/c1-18-14(17)12-10-15(7-8-19-12)13(16)9-11-5-3-2-4-6-11/h2-6,12H,7-10H2,1H3. The molecule has 1 aliphatic rings. The molecule has 1 saturated heterocycles. The van der Waals surface area contributed by atoms with Gasteiger partial charge in [-0.25, -0.2) is 4.79 Å². The fourth-order valence-electron chi connectivity index (χ4n) is 2.03. The van der Waals surface area contributed by atoms with Crippen LogP contribution in [0.15, 0.2) is 30.3 Å². The minimum atomic E-state index is -0.668. The molecular weight excluding hydrogens is 246 g/mol. The van der Waals surface area contributed by atoms with Crippen molar-refractivity contribution < 1.29 is 19.1 Å². The quantitative estimate of drug-likeness (QED) is 0.751. The first-order chi connectivity index (χ1) is 9.20. The highest BCUT2D eigenvalue weighted by Crippen LogP contribution is 2.09. The van der Waals surface area contributed by atoms with Crippen LogP contribution in [0.25, 0.3) is 0 Å². The van der Waals surface area contributed by atoms with E-state index in [0.717, 1.165) is 5.56 Å². The number of methoxy groups -OCH3 is 1. The molecule has 0 N–H and O–H groups in total. The number of carbonyl (C=O) groups excluding carboxylic acids is 2. The molecule has 1 heterocycles. The molecule has 1 aromatic carbocycles. The van der Waals surface area contributed by atoms with Gasteiger partial charge < -0.3 is 14.4 Å². The summed E-state index contributed by atoms with van der Waals surface area (Å²) in [7, 11) is 1.32. The minimum Gasteiger partial charge on any atom is -0.467 e. The molecule has 0 aliphatic carbocycles. The highest BCUT2D eigenvalue weighted by Gasteiger charge is 2.29. The molecule has 2 rings (SSSR count). The fraction of sp³-hybridized carbons (Fsp3) is 0.429. The normalized spacial score (nSPS) is 19.0. The number of carbonyl (C=O) groups is 2. The topological polar surface area (TPSA) is 55.8 Å². The lowest BCUT2D eigenvalue weighted by Crippen LogP contribution is -2.49. The van der Waals surface area contributed by atoms with Crippen molar-refractivity contribution in [3.63, 3.8) is 0 Å². The predicted octanol–water partition coefficient (Wildman–Crippen LogP) is 0.629. The maximum atomic E-state index is 12.1. The summed E-state index contributed by atoms with van der Waals surface area (Å²) in [6.45, 7) is 1.14. The van der Waals surface area contributed by atoms with E-state index in [0.29, 0.717) is 19.6 Å². The summed E-state index contributed by atoms with van der Waals surface area (Å²) < 4.78 is 9.93. The number of rotatable bonds is 3. The molecule has 5 nitrogen and oxygen atoms in total. The number of benzene rings is 1. The van der Waals surface area contributed by atoms with Crippen LogP contribution in [0.1, 0.15) is 5.56 Å². The Morgan fingerprint density at radius 1 is 1.37 bits per heavy atom. The van der Waals surface area contributed by atoms with E-state index in [1.54, 1.807) is 4.90 Å². The number of esters is 1. The minimum absolute atomic E-state index is 0.00315. The third-order valence-corrected chi connectivity index (χ3v) is 3.08. The maximum Gasteiger partial charge on any atom is 0.336 e. The SMILES string of the molecule is COC(=O)C1CN(C(=O)Cc2ccccc2)CCO1. The predicted molar refractivity (Wildman–Crippen MR) is 68.5 cm³/mol. The number of hydrogen-bond acceptors (Lipinski definition) is 4. The van der Waals surface area contributed by atoms with Crippen molar-refractivity contribution in [2.75, 3.05) is 26.8 Å². The Morgan fingerprint density at radius 3 is 2.79 bits per heavy atom. The Bertz CT molecular complexity index is 446. The van der Waals surface area contributed by atoms with Gasteiger partial charge in [0.1, 0.15) is 0 Å². The second-order valence-electron chi connectivity index (χ2n) is 4.38. The van der Waals surface area contributed by atoms with Crippen LogP contribution in [0.3, 0.4) is 0 Å². The zero-order chi connectivity index (χ0) is 13.7. The molecule has 5 heteroatoms. The average Bonchev–Trinajstić information content (AvgIpc) is 2.47. The number of nitrogens with zero attached hydrogens (tertiary/aromatic N) is 1. The van der Waals surface area contributed by atoms with Gasteiger partial charge in [0, 0.05) is 6.54 Å². The molecule has 1 unspecified atom stereocenters. The zero-order valence-electron chi connectivity index (χ0n) is 10.9. The smallest absolute Gasteiger partial charge is 0.336 e. The second-order valence-corrected chi connectivity index (χ2v) is 4.38. The molecule has 1 fully saturated rings. The lowest BCUT2D eigenvalue weighted by atomic mass is 10.1. The number of hydrogen-bond donors (Lipinski definition) is 0. The highest BCUT2D eigenvalue weighted by atomic mass is 16.6. The van der Waals surface area contributed by atoms with Crippen molar-refractivity contribution in [2.24, 2.45) is 0 Å². The Labute approximate surface area is 112 Å². The van der Waals surface area contributed by atoms with E-state index in [-0.39, 0.29) is 12.5 Å². The van der Waals surface area contributed by atoms with Crippen molar-refractivity contribution in [3.05, 3.63) is 35.9 Å². The third-order valence-electron chi connectivity index (χ3n) is 3.08. The summed E-state index contributed by atoms with van der Waals surface area (Å²) >= 11 is 0. The van der Waals surface area contributed by atoms with Gasteiger partial charge in [0.05, 0.1) is 26.7 Å². The molecule has 19 heavy (non-hydrogen) atoms. The summed E-state index contributed by atoms with van der Waals surface area (Å²) in [5.74, 6) is -0.430. The lowest BCUT2D eigenvalue weighted by molar-refractivity contribution is -0.162. The van der Waals surface area contributed by atoms with Crippen molar-refractivity contribution in [1.29, 1.82) is 0 Å². The first-order valence-corrected chi connectivity index (χ1v) is 6.22. The highest BCUT2D eigenvalue weighted by molar-refractivity contribution is 5.81. The van der Waals surface area contributed by atoms with Crippen LogP contribution in [0.4, 0.5) is 0 Å². The monoisotopic (exact) mass is 263 g/mol. The van der Waals surface area contributed by atoms with Crippen LogP contribution >= 0.6 is 0 Å². The van der Waals surface area contributed by atoms with E-state index in [1.165, 1.54) is 7.11 Å². The Kier molecular flexibility index (Phi) is 4.52. The maximum absolute atomic E-state index is 12.1. The van der Waals surface area contributed by atoms with E-state index in [2.05, 4.69) is 4.74 Å². The van der Waals surface area contributed by atoms with E-state index in [1.807, 2.05) is 30.3 Å². The number of amides is 1. The van der Waals surface area contributed by atoms with Crippen LogP contribution in [0.5, 0.6) is 0 Å². The zero-order valence-corrected chi connectivity index (χ0v) is 10.9. The fourth-order valence-corrected chi connectivity index (χ4v) is 2.03. The number of ether oxygens (including phenoxy) is 2. The second kappa shape index (κ2) is 6.33. The van der Waals surface area contributed by atoms with Crippen LogP contribution in [-0.4, -0.2) is 49.7 Å². The molecule has 1 amide bonds. The van der Waals surface area contributed by atoms with Gasteiger partial charge in [-0.15, -0.1) is 0 Å². The Balaban J connectivity index is 1.94. The van der Waals surface area contributed by atoms with Gasteiger partial charge >= 0.3 is 5.97 Å². The first kappa shape index (κ1) is 13.5. The van der Waals surface area contributed by atoms with Crippen molar-refractivity contribution in [2.45, 2.75) is 12.5 Å². The van der Waals surface area contributed by atoms with Crippen LogP contribution in [-0.2, 0) is 25.5 Å². The van der Waals surface area contributed by atoms with Gasteiger partial charge in [-0.2, -0.15) is 0 Å². The van der Waals surface area contributed by atoms with Gasteiger partial charge in [-0.3, -0.25) is 4.79 Å². The lowest BCUT2D eigenvalue weighted by Gasteiger charge is -2.31. The van der Waals surface area contributed by atoms with Crippen LogP contribution < -0.4 is 0 Å². The molecule has 0 radical (unpaired) electrons. The van der Waals surface area contributed by atoms with Gasteiger partial charge in [-0.1, -0.05) is 30.3 Å². The van der Waals surface area contributed by atoms with Crippen LogP contribution in [0, 0.1) is 0 Å². The number of morpholine rings is 1. The van der Waals surface area contributed by atoms with Gasteiger partial charge in [0.2, 0.25) is 5.91 Å². The summed E-state index contributed by atoms with van der Waals surface area (Å²) in [5, 5.41) is 0. The van der Waals surface area contributed by atoms with Crippen LogP contribution in [0.2, 0.25) is 0 Å². The molecule has 1 aliphatic heterocycles. The molecule has 0 spiro atoms. The Morgan fingerprint density at radius 2 is 2.11 bits per heavy atom. The van der Waals surface area contributed by atoms with E-state index in [4.69, 9.17) is 4.74 Å². The summed E-state index contributed by atoms with van der Waals surface area (Å²) in [6.07, 6.45) is -0.326. The summed E-state index contributed by atoms with van der Waals surface area (Å²) in [5.41, 5.74) is 0.966. The van der Waals surface area contributed by atoms with Gasteiger partial charge in [0.15, 0.2) is 6.10 Å². The third kappa shape index (κ3) is 3.54. The average molecular weight is 263 g/mol. The van der Waals surface area contributed by atoms with E-state index in [9.17, 15) is 9.59 Å². The largest absolute Gasteiger partial charge is 0.467 e. The molecule has 0 bridgehead atoms. The van der Waals surface area contributed by atoms with E-state index >= 15 is 0 Å². The first-order valence-electron chi connectivity index (χ1n) is 6.22. The molecule has 1 atom stereocenters. The van der Waals surface area contributed by atoms with E-state index < -0.39 is 12.1 Å². The van der Waals surface area contributed by atoms with Gasteiger partial charge in [0.25, 0.3) is 0 Å². The van der Waals surface area contributed by atoms with Crippen molar-refractivity contribution in [3.8, 4) is 0 Å². The molecular formula is C14H17NO4. The molecule has 0 saturated carbocycles. The van der Waals surface area contributed by atoms with Gasteiger partial charge in [-0.05, 0) is 5.56 Å². The Hall–Kier alpha value is -1.88. The van der Waals surface area contributed by atoms with Crippen molar-refractivity contribution in [1.82, 2.24) is 4.90 Å². The molecule has 102 valence electrons. The van der Waals surface area contributed by atoms with Crippen molar-refractivity contribution >= 4 is 11.9 Å². The summed E-state index contributed by atoms with van der Waals surface area (Å²) in [6, 6.07) is 9.54. The molecule has 1 aromatic rings.